The fraction of sp³-hybridized carbons (Fsp3) is 0.684. The molecule has 6 heteroatoms. The first-order valence-corrected chi connectivity index (χ1v) is 10.3. The zero-order chi connectivity index (χ0) is 18.1. The minimum absolute atomic E-state index is 0.137. The summed E-state index contributed by atoms with van der Waals surface area (Å²) in [5, 5.41) is 8.66. The normalized spacial score (nSPS) is 15.6. The van der Waals surface area contributed by atoms with Crippen LogP contribution in [0.2, 0.25) is 0 Å². The molecular weight excluding hydrogens is 332 g/mol. The Morgan fingerprint density at radius 1 is 1.40 bits per heavy atom. The zero-order valence-electron chi connectivity index (χ0n) is 15.8. The number of unbranched alkanes of at least 4 members (excludes halogenated alkanes) is 1. The Hall–Kier alpha value is -1.56. The minimum atomic E-state index is 0.137. The van der Waals surface area contributed by atoms with Crippen LogP contribution in [0.3, 0.4) is 0 Å². The Balaban J connectivity index is 1.74. The number of nitrogens with one attached hydrogen (secondary N) is 2. The summed E-state index contributed by atoms with van der Waals surface area (Å²) in [6.07, 6.45) is 5.89. The number of guanidine groups is 1. The van der Waals surface area contributed by atoms with E-state index in [9.17, 15) is 4.79 Å². The fourth-order valence-corrected chi connectivity index (χ4v) is 4.03. The maximum absolute atomic E-state index is 12.5. The number of nitrogens with zero attached hydrogens (tertiary/aromatic N) is 2. The summed E-state index contributed by atoms with van der Waals surface area (Å²) < 4.78 is 0. The lowest BCUT2D eigenvalue weighted by Crippen LogP contribution is -2.46. The number of aliphatic imine (C=N–C) groups is 1. The number of thiophene rings is 1. The number of amides is 1. The van der Waals surface area contributed by atoms with Gasteiger partial charge in [-0.25, -0.2) is 0 Å². The van der Waals surface area contributed by atoms with Crippen LogP contribution in [0.4, 0.5) is 0 Å². The van der Waals surface area contributed by atoms with Crippen LogP contribution in [0.15, 0.2) is 16.4 Å². The average molecular weight is 365 g/mol. The summed E-state index contributed by atoms with van der Waals surface area (Å²) in [7, 11) is 1.76. The van der Waals surface area contributed by atoms with Crippen LogP contribution in [0.5, 0.6) is 0 Å². The first-order chi connectivity index (χ1) is 12.2. The molecule has 0 aliphatic carbocycles. The SMILES string of the molecule is CCCCC(CC)CNC(=NC)NCC(=O)N1CCc2sccc2C1. The van der Waals surface area contributed by atoms with Gasteiger partial charge in [-0.15, -0.1) is 11.3 Å². The van der Waals surface area contributed by atoms with Gasteiger partial charge in [-0.3, -0.25) is 9.79 Å². The molecule has 1 aliphatic rings. The summed E-state index contributed by atoms with van der Waals surface area (Å²) in [6, 6.07) is 2.13. The molecule has 1 unspecified atom stereocenters. The molecule has 25 heavy (non-hydrogen) atoms. The maximum atomic E-state index is 12.5. The molecule has 2 rings (SSSR count). The van der Waals surface area contributed by atoms with E-state index >= 15 is 0 Å². The summed E-state index contributed by atoms with van der Waals surface area (Å²) in [6.45, 7) is 7.22. The van der Waals surface area contributed by atoms with Crippen molar-refractivity contribution < 1.29 is 4.79 Å². The second-order valence-corrected chi connectivity index (χ2v) is 7.66. The molecule has 0 fully saturated rings. The molecule has 0 bridgehead atoms. The second-order valence-electron chi connectivity index (χ2n) is 6.66. The van der Waals surface area contributed by atoms with Crippen molar-refractivity contribution in [3.63, 3.8) is 0 Å². The van der Waals surface area contributed by atoms with Crippen molar-refractivity contribution in [3.8, 4) is 0 Å². The van der Waals surface area contributed by atoms with Gasteiger partial charge in [-0.1, -0.05) is 33.1 Å². The van der Waals surface area contributed by atoms with E-state index in [1.165, 1.54) is 36.1 Å². The number of hydrogen-bond acceptors (Lipinski definition) is 3. The summed E-state index contributed by atoms with van der Waals surface area (Å²) >= 11 is 1.80. The third-order valence-corrected chi connectivity index (χ3v) is 5.92. The first kappa shape index (κ1) is 19.8. The standard InChI is InChI=1S/C19H32N4OS/c1-4-6-7-15(5-2)12-21-19(20-3)22-13-18(24)23-10-8-17-16(14-23)9-11-25-17/h9,11,15H,4-8,10,12-14H2,1-3H3,(H2,20,21,22). The summed E-state index contributed by atoms with van der Waals surface area (Å²) in [5.74, 6) is 1.52. The molecule has 0 saturated carbocycles. The van der Waals surface area contributed by atoms with Gasteiger partial charge in [0.25, 0.3) is 0 Å². The third kappa shape index (κ3) is 6.03. The lowest BCUT2D eigenvalue weighted by Gasteiger charge is -2.27. The lowest BCUT2D eigenvalue weighted by atomic mass is 9.99. The van der Waals surface area contributed by atoms with Gasteiger partial charge >= 0.3 is 0 Å². The summed E-state index contributed by atoms with van der Waals surface area (Å²) in [4.78, 5) is 20.1. The van der Waals surface area contributed by atoms with Crippen molar-refractivity contribution in [2.45, 2.75) is 52.5 Å². The largest absolute Gasteiger partial charge is 0.356 e. The number of hydrogen-bond donors (Lipinski definition) is 2. The average Bonchev–Trinajstić information content (AvgIpc) is 3.11. The molecular formula is C19H32N4OS. The molecule has 140 valence electrons. The molecule has 1 aliphatic heterocycles. The first-order valence-electron chi connectivity index (χ1n) is 9.45. The van der Waals surface area contributed by atoms with E-state index in [1.807, 2.05) is 4.90 Å². The van der Waals surface area contributed by atoms with Gasteiger partial charge in [-0.05, 0) is 35.8 Å². The molecule has 2 heterocycles. The fourth-order valence-electron chi connectivity index (χ4n) is 3.14. The van der Waals surface area contributed by atoms with Gasteiger partial charge < -0.3 is 15.5 Å². The van der Waals surface area contributed by atoms with E-state index < -0.39 is 0 Å². The predicted octanol–water partition coefficient (Wildman–Crippen LogP) is 3.01. The van der Waals surface area contributed by atoms with Crippen LogP contribution in [0, 0.1) is 5.92 Å². The van der Waals surface area contributed by atoms with E-state index in [4.69, 9.17) is 0 Å². The highest BCUT2D eigenvalue weighted by molar-refractivity contribution is 7.10. The second kappa shape index (κ2) is 10.4. The number of carbonyl (C=O) groups is 1. The van der Waals surface area contributed by atoms with Gasteiger partial charge in [0.1, 0.15) is 0 Å². The van der Waals surface area contributed by atoms with Crippen LogP contribution in [-0.4, -0.2) is 43.4 Å². The molecule has 0 saturated heterocycles. The van der Waals surface area contributed by atoms with Crippen molar-refractivity contribution in [2.24, 2.45) is 10.9 Å². The van der Waals surface area contributed by atoms with Crippen molar-refractivity contribution >= 4 is 23.2 Å². The minimum Gasteiger partial charge on any atom is -0.356 e. The van der Waals surface area contributed by atoms with E-state index in [0.717, 1.165) is 32.0 Å². The topological polar surface area (TPSA) is 56.7 Å². The van der Waals surface area contributed by atoms with E-state index in [-0.39, 0.29) is 5.91 Å². The van der Waals surface area contributed by atoms with Gasteiger partial charge in [0.05, 0.1) is 6.54 Å². The number of carbonyl (C=O) groups excluding carboxylic acids is 1. The van der Waals surface area contributed by atoms with Gasteiger partial charge in [0, 0.05) is 31.6 Å². The molecule has 0 aromatic carbocycles. The van der Waals surface area contributed by atoms with E-state index in [1.54, 1.807) is 18.4 Å². The lowest BCUT2D eigenvalue weighted by molar-refractivity contribution is -0.130. The molecule has 1 atom stereocenters. The predicted molar refractivity (Wildman–Crippen MR) is 106 cm³/mol. The molecule has 2 N–H and O–H groups in total. The molecule has 1 aromatic heterocycles. The van der Waals surface area contributed by atoms with Crippen LogP contribution >= 0.6 is 11.3 Å². The van der Waals surface area contributed by atoms with E-state index in [0.29, 0.717) is 12.5 Å². The quantitative estimate of drug-likeness (QED) is 0.551. The maximum Gasteiger partial charge on any atom is 0.242 e. The van der Waals surface area contributed by atoms with Gasteiger partial charge in [-0.2, -0.15) is 0 Å². The monoisotopic (exact) mass is 364 g/mol. The van der Waals surface area contributed by atoms with Crippen molar-refractivity contribution in [3.05, 3.63) is 21.9 Å². The Kier molecular flexibility index (Phi) is 8.25. The highest BCUT2D eigenvalue weighted by Gasteiger charge is 2.21. The Morgan fingerprint density at radius 2 is 2.24 bits per heavy atom. The van der Waals surface area contributed by atoms with Crippen molar-refractivity contribution in [2.75, 3.05) is 26.7 Å². The smallest absolute Gasteiger partial charge is 0.242 e. The number of rotatable bonds is 8. The molecule has 1 amide bonds. The number of fused-ring (bicyclic) bond motifs is 1. The van der Waals surface area contributed by atoms with Crippen molar-refractivity contribution in [1.82, 2.24) is 15.5 Å². The highest BCUT2D eigenvalue weighted by Crippen LogP contribution is 2.23. The van der Waals surface area contributed by atoms with Crippen LogP contribution < -0.4 is 10.6 Å². The molecule has 0 radical (unpaired) electrons. The van der Waals surface area contributed by atoms with Crippen molar-refractivity contribution in [1.29, 1.82) is 0 Å². The Labute approximate surface area is 155 Å². The van der Waals surface area contributed by atoms with Crippen LogP contribution in [0.25, 0.3) is 0 Å². The van der Waals surface area contributed by atoms with Crippen LogP contribution in [0.1, 0.15) is 50.0 Å². The van der Waals surface area contributed by atoms with Crippen LogP contribution in [-0.2, 0) is 17.8 Å². The van der Waals surface area contributed by atoms with E-state index in [2.05, 4.69) is 40.9 Å². The molecule has 5 nitrogen and oxygen atoms in total. The Morgan fingerprint density at radius 3 is 2.96 bits per heavy atom. The molecule has 1 aromatic rings. The summed E-state index contributed by atoms with van der Waals surface area (Å²) in [5.41, 5.74) is 1.30. The Bertz CT molecular complexity index is 570. The highest BCUT2D eigenvalue weighted by atomic mass is 32.1. The van der Waals surface area contributed by atoms with Gasteiger partial charge in [0.2, 0.25) is 5.91 Å². The van der Waals surface area contributed by atoms with Gasteiger partial charge in [0.15, 0.2) is 5.96 Å². The molecule has 0 spiro atoms. The zero-order valence-corrected chi connectivity index (χ0v) is 16.6. The third-order valence-electron chi connectivity index (χ3n) is 4.89.